The number of benzene rings is 1. The number of rotatable bonds is 4. The van der Waals surface area contributed by atoms with Crippen molar-refractivity contribution in [2.75, 3.05) is 12.4 Å². The Morgan fingerprint density at radius 2 is 2.00 bits per heavy atom. The quantitative estimate of drug-likeness (QED) is 0.640. The van der Waals surface area contributed by atoms with Gasteiger partial charge in [-0.3, -0.25) is 4.99 Å². The Morgan fingerprint density at radius 1 is 1.32 bits per heavy atom. The summed E-state index contributed by atoms with van der Waals surface area (Å²) in [5.74, 6) is 1.65. The van der Waals surface area contributed by atoms with Gasteiger partial charge in [0, 0.05) is 24.0 Å². The van der Waals surface area contributed by atoms with Gasteiger partial charge in [0.15, 0.2) is 0 Å². The molecule has 0 aliphatic heterocycles. The third kappa shape index (κ3) is 3.60. The lowest BCUT2D eigenvalue weighted by Crippen LogP contribution is -2.21. The molecule has 1 fully saturated rings. The summed E-state index contributed by atoms with van der Waals surface area (Å²) in [5.41, 5.74) is 9.29. The zero-order valence-corrected chi connectivity index (χ0v) is 11.8. The minimum atomic E-state index is 0.782. The first-order chi connectivity index (χ1) is 9.20. The van der Waals surface area contributed by atoms with Gasteiger partial charge in [0.05, 0.1) is 0 Å². The van der Waals surface area contributed by atoms with Crippen LogP contribution in [0.3, 0.4) is 0 Å². The number of allylic oxidation sites excluding steroid dienone is 1. The van der Waals surface area contributed by atoms with Crippen LogP contribution in [0.1, 0.15) is 32.6 Å². The second-order valence-corrected chi connectivity index (χ2v) is 5.21. The van der Waals surface area contributed by atoms with E-state index in [0.29, 0.717) is 0 Å². The highest BCUT2D eigenvalue weighted by Gasteiger charge is 2.19. The summed E-state index contributed by atoms with van der Waals surface area (Å²) < 4.78 is 0. The van der Waals surface area contributed by atoms with Crippen molar-refractivity contribution in [1.29, 1.82) is 0 Å². The Bertz CT molecular complexity index is 470. The average Bonchev–Trinajstić information content (AvgIpc) is 2.40. The summed E-state index contributed by atoms with van der Waals surface area (Å²) in [5, 5.41) is 3.33. The zero-order valence-electron chi connectivity index (χ0n) is 11.8. The largest absolute Gasteiger partial charge is 0.402 e. The molecular formula is C16H23N3. The number of amidine groups is 1. The summed E-state index contributed by atoms with van der Waals surface area (Å²) in [6.07, 6.45) is 4.99. The lowest BCUT2D eigenvalue weighted by molar-refractivity contribution is 0.312. The maximum atomic E-state index is 6.22. The lowest BCUT2D eigenvalue weighted by Gasteiger charge is -2.26. The van der Waals surface area contributed by atoms with E-state index >= 15 is 0 Å². The van der Waals surface area contributed by atoms with Gasteiger partial charge in [0.2, 0.25) is 0 Å². The molecule has 0 aromatic heterocycles. The number of nitrogens with one attached hydrogen (secondary N) is 1. The second-order valence-electron chi connectivity index (χ2n) is 5.21. The highest BCUT2D eigenvalue weighted by Crippen LogP contribution is 2.31. The molecule has 3 heteroatoms. The molecule has 1 aliphatic rings. The van der Waals surface area contributed by atoms with E-state index in [1.165, 1.54) is 19.3 Å². The topological polar surface area (TPSA) is 50.4 Å². The number of hydrogen-bond acceptors (Lipinski definition) is 2. The van der Waals surface area contributed by atoms with Crippen LogP contribution in [0.25, 0.3) is 0 Å². The van der Waals surface area contributed by atoms with Crippen LogP contribution in [-0.2, 0) is 0 Å². The zero-order chi connectivity index (χ0) is 13.7. The third-order valence-corrected chi connectivity index (χ3v) is 3.83. The van der Waals surface area contributed by atoms with E-state index in [1.54, 1.807) is 7.05 Å². The molecule has 2 rings (SSSR count). The van der Waals surface area contributed by atoms with Crippen molar-refractivity contribution in [3.05, 3.63) is 41.6 Å². The van der Waals surface area contributed by atoms with E-state index in [9.17, 15) is 0 Å². The van der Waals surface area contributed by atoms with Gasteiger partial charge < -0.3 is 11.1 Å². The van der Waals surface area contributed by atoms with E-state index in [0.717, 1.165) is 35.1 Å². The van der Waals surface area contributed by atoms with E-state index < -0.39 is 0 Å². The SMILES string of the molecule is CN=C(Nc1ccccc1)C(C)=C(N)CC1CCC1. The molecule has 1 aromatic carbocycles. The fourth-order valence-electron chi connectivity index (χ4n) is 2.29. The number of nitrogens with two attached hydrogens (primary N) is 1. The Kier molecular flexibility index (Phi) is 4.61. The Hall–Kier alpha value is -1.77. The monoisotopic (exact) mass is 257 g/mol. The van der Waals surface area contributed by atoms with Crippen LogP contribution in [0, 0.1) is 5.92 Å². The van der Waals surface area contributed by atoms with E-state index in [2.05, 4.69) is 10.3 Å². The van der Waals surface area contributed by atoms with Gasteiger partial charge in [-0.15, -0.1) is 0 Å². The molecule has 0 amide bonds. The minimum absolute atomic E-state index is 0.782. The summed E-state index contributed by atoms with van der Waals surface area (Å²) in [4.78, 5) is 4.32. The molecule has 0 atom stereocenters. The van der Waals surface area contributed by atoms with Gasteiger partial charge in [0.1, 0.15) is 5.84 Å². The van der Waals surface area contributed by atoms with E-state index in [1.807, 2.05) is 37.3 Å². The first kappa shape index (κ1) is 13.7. The molecule has 102 valence electrons. The maximum absolute atomic E-state index is 6.22. The Morgan fingerprint density at radius 3 is 2.53 bits per heavy atom. The van der Waals surface area contributed by atoms with Crippen molar-refractivity contribution in [2.45, 2.75) is 32.6 Å². The molecule has 3 N–H and O–H groups in total. The lowest BCUT2D eigenvalue weighted by atomic mass is 9.81. The number of hydrogen-bond donors (Lipinski definition) is 2. The number of para-hydroxylation sites is 1. The van der Waals surface area contributed by atoms with Crippen LogP contribution in [0.4, 0.5) is 5.69 Å². The first-order valence-corrected chi connectivity index (χ1v) is 6.95. The van der Waals surface area contributed by atoms with E-state index in [-0.39, 0.29) is 0 Å². The molecule has 0 unspecified atom stereocenters. The highest BCUT2D eigenvalue weighted by molar-refractivity contribution is 6.07. The van der Waals surface area contributed by atoms with Gasteiger partial charge in [-0.1, -0.05) is 37.5 Å². The number of aliphatic imine (C=N–C) groups is 1. The molecule has 0 spiro atoms. The van der Waals surface area contributed by atoms with Crippen LogP contribution >= 0.6 is 0 Å². The third-order valence-electron chi connectivity index (χ3n) is 3.83. The van der Waals surface area contributed by atoms with Crippen molar-refractivity contribution in [3.63, 3.8) is 0 Å². The van der Waals surface area contributed by atoms with Crippen LogP contribution in [0.2, 0.25) is 0 Å². The van der Waals surface area contributed by atoms with Crippen molar-refractivity contribution >= 4 is 11.5 Å². The predicted molar refractivity (Wildman–Crippen MR) is 82.3 cm³/mol. The van der Waals surface area contributed by atoms with Crippen LogP contribution in [0.5, 0.6) is 0 Å². The molecule has 19 heavy (non-hydrogen) atoms. The van der Waals surface area contributed by atoms with Crippen molar-refractivity contribution < 1.29 is 0 Å². The molecule has 3 nitrogen and oxygen atoms in total. The van der Waals surface area contributed by atoms with Crippen LogP contribution < -0.4 is 11.1 Å². The standard InChI is InChI=1S/C16H23N3/c1-12(15(17)11-13-7-6-8-13)16(18-2)19-14-9-4-3-5-10-14/h3-5,9-10,13H,6-8,11,17H2,1-2H3,(H,18,19). The molecule has 0 heterocycles. The van der Waals surface area contributed by atoms with Gasteiger partial charge in [0.25, 0.3) is 0 Å². The smallest absolute Gasteiger partial charge is 0.129 e. The average molecular weight is 257 g/mol. The van der Waals surface area contributed by atoms with Gasteiger partial charge in [-0.2, -0.15) is 0 Å². The molecule has 1 aliphatic carbocycles. The summed E-state index contributed by atoms with van der Waals surface area (Å²) in [6, 6.07) is 10.1. The fourth-order valence-corrected chi connectivity index (χ4v) is 2.29. The maximum Gasteiger partial charge on any atom is 0.129 e. The summed E-state index contributed by atoms with van der Waals surface area (Å²) in [7, 11) is 1.80. The number of nitrogens with zero attached hydrogens (tertiary/aromatic N) is 1. The summed E-state index contributed by atoms with van der Waals surface area (Å²) >= 11 is 0. The van der Waals surface area contributed by atoms with Crippen molar-refractivity contribution in [3.8, 4) is 0 Å². The first-order valence-electron chi connectivity index (χ1n) is 6.95. The molecular weight excluding hydrogens is 234 g/mol. The predicted octanol–water partition coefficient (Wildman–Crippen LogP) is 3.55. The molecule has 1 saturated carbocycles. The molecule has 0 saturated heterocycles. The number of anilines is 1. The second kappa shape index (κ2) is 6.41. The van der Waals surface area contributed by atoms with Crippen molar-refractivity contribution in [2.24, 2.45) is 16.6 Å². The van der Waals surface area contributed by atoms with E-state index in [4.69, 9.17) is 5.73 Å². The molecule has 1 aromatic rings. The Balaban J connectivity index is 2.05. The van der Waals surface area contributed by atoms with Gasteiger partial charge >= 0.3 is 0 Å². The normalized spacial score (nSPS) is 17.7. The molecule has 0 radical (unpaired) electrons. The van der Waals surface area contributed by atoms with Crippen LogP contribution in [-0.4, -0.2) is 12.9 Å². The fraction of sp³-hybridized carbons (Fsp3) is 0.438. The highest BCUT2D eigenvalue weighted by atomic mass is 15.0. The van der Waals surface area contributed by atoms with Crippen molar-refractivity contribution in [1.82, 2.24) is 0 Å². The van der Waals surface area contributed by atoms with Crippen LogP contribution in [0.15, 0.2) is 46.6 Å². The van der Waals surface area contributed by atoms with Gasteiger partial charge in [-0.05, 0) is 31.4 Å². The van der Waals surface area contributed by atoms with Gasteiger partial charge in [-0.25, -0.2) is 0 Å². The minimum Gasteiger partial charge on any atom is -0.402 e. The molecule has 0 bridgehead atoms. The Labute approximate surface area is 115 Å². The summed E-state index contributed by atoms with van der Waals surface area (Å²) in [6.45, 7) is 2.05.